The third-order valence-corrected chi connectivity index (χ3v) is 4.83. The van der Waals surface area contributed by atoms with Gasteiger partial charge in [-0.15, -0.1) is 23.1 Å². The summed E-state index contributed by atoms with van der Waals surface area (Å²) >= 11 is 2.62. The number of thioether (sulfide) groups is 1. The second kappa shape index (κ2) is 9.97. The van der Waals surface area contributed by atoms with E-state index in [9.17, 15) is 14.4 Å². The molecule has 1 atom stereocenters. The fourth-order valence-electron chi connectivity index (χ4n) is 1.85. The Morgan fingerprint density at radius 1 is 1.38 bits per heavy atom. The molecular formula is C16H19N3O5S2. The highest BCUT2D eigenvalue weighted by Crippen LogP contribution is 2.10. The Labute approximate surface area is 158 Å². The van der Waals surface area contributed by atoms with Crippen LogP contribution in [0.4, 0.5) is 5.82 Å². The van der Waals surface area contributed by atoms with Crippen molar-refractivity contribution in [2.45, 2.75) is 26.5 Å². The van der Waals surface area contributed by atoms with E-state index >= 15 is 0 Å². The highest BCUT2D eigenvalue weighted by atomic mass is 32.2. The van der Waals surface area contributed by atoms with Crippen LogP contribution in [0.2, 0.25) is 0 Å². The number of rotatable bonds is 9. The molecule has 2 rings (SSSR count). The number of carbonyl (C=O) groups excluding carboxylic acids is 3. The van der Waals surface area contributed by atoms with Gasteiger partial charge in [0.15, 0.2) is 11.9 Å². The van der Waals surface area contributed by atoms with Gasteiger partial charge in [0.1, 0.15) is 5.76 Å². The van der Waals surface area contributed by atoms with Crippen LogP contribution < -0.4 is 10.6 Å². The Balaban J connectivity index is 1.61. The molecule has 0 aliphatic rings. The van der Waals surface area contributed by atoms with Crippen LogP contribution in [-0.4, -0.2) is 40.6 Å². The van der Waals surface area contributed by atoms with E-state index in [4.69, 9.17) is 9.26 Å². The summed E-state index contributed by atoms with van der Waals surface area (Å²) in [6.45, 7) is 3.62. The number of ether oxygens (including phenoxy) is 1. The molecule has 0 aliphatic carbocycles. The van der Waals surface area contributed by atoms with Crippen LogP contribution in [0.1, 0.15) is 17.6 Å². The van der Waals surface area contributed by atoms with Crippen molar-refractivity contribution >= 4 is 46.7 Å². The number of thiophene rings is 1. The predicted molar refractivity (Wildman–Crippen MR) is 98.9 cm³/mol. The van der Waals surface area contributed by atoms with E-state index in [0.29, 0.717) is 18.1 Å². The first-order chi connectivity index (χ1) is 12.4. The molecule has 0 fully saturated rings. The Morgan fingerprint density at radius 3 is 2.85 bits per heavy atom. The van der Waals surface area contributed by atoms with Crippen molar-refractivity contribution in [1.29, 1.82) is 0 Å². The van der Waals surface area contributed by atoms with Crippen LogP contribution in [0.25, 0.3) is 0 Å². The molecular weight excluding hydrogens is 378 g/mol. The molecule has 0 saturated heterocycles. The van der Waals surface area contributed by atoms with E-state index in [2.05, 4.69) is 15.8 Å². The molecule has 2 amide bonds. The third kappa shape index (κ3) is 6.89. The molecule has 0 aliphatic heterocycles. The van der Waals surface area contributed by atoms with Crippen molar-refractivity contribution in [3.63, 3.8) is 0 Å². The SMILES string of the molecule is Cc1cc(NC(=O)CSCC(=O)O[C@@H](C)C(=O)NCc2cccs2)no1. The lowest BCUT2D eigenvalue weighted by molar-refractivity contribution is -0.152. The molecule has 0 aromatic carbocycles. The van der Waals surface area contributed by atoms with Gasteiger partial charge in [0.25, 0.3) is 5.91 Å². The van der Waals surface area contributed by atoms with Crippen molar-refractivity contribution in [3.8, 4) is 0 Å². The summed E-state index contributed by atoms with van der Waals surface area (Å²) in [5.74, 6) is -0.296. The van der Waals surface area contributed by atoms with E-state index in [1.165, 1.54) is 18.3 Å². The van der Waals surface area contributed by atoms with Gasteiger partial charge in [0.05, 0.1) is 18.1 Å². The number of hydrogen-bond acceptors (Lipinski definition) is 8. The lowest BCUT2D eigenvalue weighted by Gasteiger charge is -2.13. The summed E-state index contributed by atoms with van der Waals surface area (Å²) in [5, 5.41) is 10.8. The largest absolute Gasteiger partial charge is 0.452 e. The molecule has 8 nitrogen and oxygen atoms in total. The number of carbonyl (C=O) groups is 3. The molecule has 2 aromatic heterocycles. The maximum absolute atomic E-state index is 11.9. The maximum atomic E-state index is 11.9. The van der Waals surface area contributed by atoms with Gasteiger partial charge in [-0.3, -0.25) is 14.4 Å². The Bertz CT molecular complexity index is 745. The van der Waals surface area contributed by atoms with Crippen LogP contribution in [0, 0.1) is 6.92 Å². The van der Waals surface area contributed by atoms with Crippen LogP contribution >= 0.6 is 23.1 Å². The summed E-state index contributed by atoms with van der Waals surface area (Å²) in [6.07, 6.45) is -0.894. The Hall–Kier alpha value is -2.33. The zero-order valence-corrected chi connectivity index (χ0v) is 15.9. The minimum Gasteiger partial charge on any atom is -0.452 e. The Kier molecular flexibility index (Phi) is 7.67. The molecule has 10 heteroatoms. The number of nitrogens with one attached hydrogen (secondary N) is 2. The average molecular weight is 397 g/mol. The summed E-state index contributed by atoms with van der Waals surface area (Å²) in [7, 11) is 0. The summed E-state index contributed by atoms with van der Waals surface area (Å²) in [6, 6.07) is 5.39. The highest BCUT2D eigenvalue weighted by Gasteiger charge is 2.18. The fraction of sp³-hybridized carbons (Fsp3) is 0.375. The number of amides is 2. The standard InChI is InChI=1S/C16H19N3O5S2/c1-10-6-13(19-24-10)18-14(20)8-25-9-15(21)23-11(2)16(22)17-7-12-4-3-5-26-12/h3-6,11H,7-9H2,1-2H3,(H,17,22)(H,18,19,20)/t11-/m0/s1. The smallest absolute Gasteiger partial charge is 0.316 e. The van der Waals surface area contributed by atoms with Gasteiger partial charge in [0.2, 0.25) is 5.91 Å². The molecule has 0 spiro atoms. The summed E-state index contributed by atoms with van der Waals surface area (Å²) in [4.78, 5) is 36.4. The minimum atomic E-state index is -0.894. The zero-order chi connectivity index (χ0) is 18.9. The van der Waals surface area contributed by atoms with Crippen molar-refractivity contribution < 1.29 is 23.6 Å². The highest BCUT2D eigenvalue weighted by molar-refractivity contribution is 8.00. The molecule has 2 aromatic rings. The molecule has 0 radical (unpaired) electrons. The topological polar surface area (TPSA) is 111 Å². The van der Waals surface area contributed by atoms with E-state index in [0.717, 1.165) is 16.6 Å². The minimum absolute atomic E-state index is 0.0339. The van der Waals surface area contributed by atoms with E-state index in [-0.39, 0.29) is 23.3 Å². The van der Waals surface area contributed by atoms with Gasteiger partial charge >= 0.3 is 5.97 Å². The normalized spacial score (nSPS) is 11.6. The lowest BCUT2D eigenvalue weighted by atomic mass is 10.3. The number of aromatic nitrogens is 1. The van der Waals surface area contributed by atoms with Gasteiger partial charge in [-0.1, -0.05) is 11.2 Å². The molecule has 2 N–H and O–H groups in total. The van der Waals surface area contributed by atoms with Gasteiger partial charge in [-0.2, -0.15) is 0 Å². The van der Waals surface area contributed by atoms with Crippen molar-refractivity contribution in [2.24, 2.45) is 0 Å². The monoisotopic (exact) mass is 397 g/mol. The van der Waals surface area contributed by atoms with Gasteiger partial charge < -0.3 is 19.9 Å². The molecule has 26 heavy (non-hydrogen) atoms. The van der Waals surface area contributed by atoms with E-state index < -0.39 is 12.1 Å². The maximum Gasteiger partial charge on any atom is 0.316 e. The van der Waals surface area contributed by atoms with Crippen molar-refractivity contribution in [3.05, 3.63) is 34.2 Å². The third-order valence-electron chi connectivity index (χ3n) is 3.04. The number of nitrogens with zero attached hydrogens (tertiary/aromatic N) is 1. The van der Waals surface area contributed by atoms with Crippen molar-refractivity contribution in [2.75, 3.05) is 16.8 Å². The van der Waals surface area contributed by atoms with Crippen LogP contribution in [0.15, 0.2) is 28.1 Å². The predicted octanol–water partition coefficient (Wildman–Crippen LogP) is 1.96. The number of esters is 1. The summed E-state index contributed by atoms with van der Waals surface area (Å²) in [5.41, 5.74) is 0. The molecule has 0 saturated carbocycles. The fourth-order valence-corrected chi connectivity index (χ4v) is 3.09. The first-order valence-electron chi connectivity index (χ1n) is 7.74. The van der Waals surface area contributed by atoms with Crippen LogP contribution in [0.3, 0.4) is 0 Å². The number of anilines is 1. The van der Waals surface area contributed by atoms with Crippen LogP contribution in [-0.2, 0) is 25.7 Å². The first-order valence-corrected chi connectivity index (χ1v) is 9.78. The molecule has 2 heterocycles. The molecule has 0 bridgehead atoms. The summed E-state index contributed by atoms with van der Waals surface area (Å²) < 4.78 is 9.89. The first kappa shape index (κ1) is 20.0. The van der Waals surface area contributed by atoms with Gasteiger partial charge in [-0.05, 0) is 25.3 Å². The average Bonchev–Trinajstić information content (AvgIpc) is 3.24. The second-order valence-electron chi connectivity index (χ2n) is 5.29. The van der Waals surface area contributed by atoms with Gasteiger partial charge in [0, 0.05) is 10.9 Å². The molecule has 0 unspecified atom stereocenters. The number of aryl methyl sites for hydroxylation is 1. The lowest BCUT2D eigenvalue weighted by Crippen LogP contribution is -2.35. The Morgan fingerprint density at radius 2 is 2.19 bits per heavy atom. The second-order valence-corrected chi connectivity index (χ2v) is 7.31. The quantitative estimate of drug-likeness (QED) is 0.622. The van der Waals surface area contributed by atoms with Gasteiger partial charge in [-0.25, -0.2) is 0 Å². The van der Waals surface area contributed by atoms with Crippen molar-refractivity contribution in [1.82, 2.24) is 10.5 Å². The van der Waals surface area contributed by atoms with E-state index in [1.54, 1.807) is 13.0 Å². The molecule has 140 valence electrons. The zero-order valence-electron chi connectivity index (χ0n) is 14.3. The van der Waals surface area contributed by atoms with E-state index in [1.807, 2.05) is 17.5 Å². The van der Waals surface area contributed by atoms with Crippen LogP contribution in [0.5, 0.6) is 0 Å². The number of hydrogen-bond donors (Lipinski definition) is 2.